The molecule has 1 unspecified atom stereocenters. The van der Waals surface area contributed by atoms with Crippen LogP contribution in [0.4, 0.5) is 8.78 Å². The van der Waals surface area contributed by atoms with Gasteiger partial charge in [-0.15, -0.1) is 10.2 Å². The van der Waals surface area contributed by atoms with Gasteiger partial charge in [0.05, 0.1) is 6.04 Å². The van der Waals surface area contributed by atoms with Crippen molar-refractivity contribution in [2.24, 2.45) is 5.92 Å². The van der Waals surface area contributed by atoms with Crippen molar-refractivity contribution in [3.05, 3.63) is 5.82 Å². The second-order valence-corrected chi connectivity index (χ2v) is 3.72. The zero-order chi connectivity index (χ0) is 12.3. The monoisotopic (exact) mass is 247 g/mol. The fraction of sp³-hybridized carbons (Fsp3) is 0.750. The largest absolute Gasteiger partial charge is 0.345 e. The average molecular weight is 247 g/mol. The zero-order valence-corrected chi connectivity index (χ0v) is 8.77. The maximum atomic E-state index is 11.7. The van der Waals surface area contributed by atoms with Crippen LogP contribution < -0.4 is 5.32 Å². The maximum Gasteiger partial charge on any atom is 0.345 e. The van der Waals surface area contributed by atoms with Gasteiger partial charge in [-0.3, -0.25) is 4.79 Å². The first-order valence-corrected chi connectivity index (χ1v) is 5.09. The Morgan fingerprint density at radius 1 is 1.59 bits per heavy atom. The van der Waals surface area contributed by atoms with Crippen molar-refractivity contribution in [3.8, 4) is 0 Å². The van der Waals surface area contributed by atoms with Crippen molar-refractivity contribution in [2.75, 3.05) is 6.61 Å². The fourth-order valence-electron chi connectivity index (χ4n) is 1.48. The number of aromatic amines is 1. The second-order valence-electron chi connectivity index (χ2n) is 3.72. The number of nitrogens with zero attached hydrogens (tertiary/aromatic N) is 3. The number of ether oxygens (including phenoxy) is 1. The summed E-state index contributed by atoms with van der Waals surface area (Å²) in [6, 6.07) is -0.387. The Kier molecular flexibility index (Phi) is 3.57. The van der Waals surface area contributed by atoms with E-state index in [9.17, 15) is 13.6 Å². The molecule has 1 heterocycles. The number of H-pyrrole nitrogens is 1. The summed E-state index contributed by atoms with van der Waals surface area (Å²) in [6.07, 6.45) is 1.88. The van der Waals surface area contributed by atoms with Gasteiger partial charge in [-0.25, -0.2) is 0 Å². The Labute approximate surface area is 94.9 Å². The molecule has 0 aromatic carbocycles. The van der Waals surface area contributed by atoms with E-state index in [-0.39, 0.29) is 12.0 Å². The molecular formula is C8H11F2N5O2. The van der Waals surface area contributed by atoms with E-state index < -0.39 is 19.1 Å². The molecule has 1 atom stereocenters. The van der Waals surface area contributed by atoms with E-state index in [1.54, 1.807) is 0 Å². The molecule has 0 radical (unpaired) electrons. The highest BCUT2D eigenvalue weighted by molar-refractivity contribution is 5.77. The fourth-order valence-corrected chi connectivity index (χ4v) is 1.48. The van der Waals surface area contributed by atoms with Gasteiger partial charge in [-0.1, -0.05) is 5.21 Å². The standard InChI is InChI=1S/C8H11F2N5O2/c9-8(10)17-3-5(16)11-6(4-1-2-4)7-12-14-15-13-7/h4,6,8H,1-3H2,(H,11,16)(H,12,13,14,15). The van der Waals surface area contributed by atoms with E-state index in [1.165, 1.54) is 0 Å². The van der Waals surface area contributed by atoms with Crippen molar-refractivity contribution in [3.63, 3.8) is 0 Å². The van der Waals surface area contributed by atoms with E-state index >= 15 is 0 Å². The number of amides is 1. The molecule has 0 saturated heterocycles. The summed E-state index contributed by atoms with van der Waals surface area (Å²) in [5.74, 6) is -0.0204. The molecular weight excluding hydrogens is 236 g/mol. The van der Waals surface area contributed by atoms with Gasteiger partial charge >= 0.3 is 6.61 Å². The first-order valence-electron chi connectivity index (χ1n) is 5.09. The van der Waals surface area contributed by atoms with Gasteiger partial charge in [0.25, 0.3) is 0 Å². The molecule has 2 N–H and O–H groups in total. The predicted molar refractivity (Wildman–Crippen MR) is 49.7 cm³/mol. The van der Waals surface area contributed by atoms with Crippen molar-refractivity contribution >= 4 is 5.91 Å². The molecule has 94 valence electrons. The number of aromatic nitrogens is 4. The number of alkyl halides is 2. The summed E-state index contributed by atoms with van der Waals surface area (Å²) in [5, 5.41) is 15.8. The molecule has 1 fully saturated rings. The molecule has 1 aromatic rings. The van der Waals surface area contributed by atoms with E-state index in [0.717, 1.165) is 12.8 Å². The van der Waals surface area contributed by atoms with Gasteiger partial charge in [0.2, 0.25) is 5.91 Å². The van der Waals surface area contributed by atoms with Gasteiger partial charge in [0.1, 0.15) is 6.61 Å². The van der Waals surface area contributed by atoms with Crippen LogP contribution in [0.2, 0.25) is 0 Å². The molecule has 9 heteroatoms. The van der Waals surface area contributed by atoms with Gasteiger partial charge < -0.3 is 10.1 Å². The minimum Gasteiger partial charge on any atom is -0.344 e. The number of tetrazole rings is 1. The van der Waals surface area contributed by atoms with Crippen molar-refractivity contribution in [2.45, 2.75) is 25.5 Å². The van der Waals surface area contributed by atoms with Crippen LogP contribution in [-0.2, 0) is 9.53 Å². The molecule has 1 amide bonds. The Hall–Kier alpha value is -1.64. The molecule has 0 aliphatic heterocycles. The highest BCUT2D eigenvalue weighted by atomic mass is 19.3. The predicted octanol–water partition coefficient (Wildman–Crippen LogP) is 0.00620. The van der Waals surface area contributed by atoms with Crippen molar-refractivity contribution in [1.29, 1.82) is 0 Å². The number of halogens is 2. The summed E-state index contributed by atoms with van der Waals surface area (Å²) >= 11 is 0. The van der Waals surface area contributed by atoms with Crippen LogP contribution in [0.15, 0.2) is 0 Å². The molecule has 0 spiro atoms. The van der Waals surface area contributed by atoms with E-state index in [2.05, 4.69) is 30.7 Å². The molecule has 1 aliphatic carbocycles. The highest BCUT2D eigenvalue weighted by Gasteiger charge is 2.36. The highest BCUT2D eigenvalue weighted by Crippen LogP contribution is 2.39. The molecule has 17 heavy (non-hydrogen) atoms. The molecule has 7 nitrogen and oxygen atoms in total. The summed E-state index contributed by atoms with van der Waals surface area (Å²) in [6.45, 7) is -3.64. The van der Waals surface area contributed by atoms with Crippen molar-refractivity contribution < 1.29 is 18.3 Å². The normalized spacial score (nSPS) is 17.1. The summed E-state index contributed by atoms with van der Waals surface area (Å²) < 4.78 is 27.4. The molecule has 1 aliphatic rings. The van der Waals surface area contributed by atoms with Crippen LogP contribution in [0.1, 0.15) is 24.7 Å². The molecule has 1 saturated carbocycles. The second kappa shape index (κ2) is 5.13. The maximum absolute atomic E-state index is 11.7. The lowest BCUT2D eigenvalue weighted by atomic mass is 10.2. The quantitative estimate of drug-likeness (QED) is 0.738. The van der Waals surface area contributed by atoms with Crippen molar-refractivity contribution in [1.82, 2.24) is 25.9 Å². The lowest BCUT2D eigenvalue weighted by molar-refractivity contribution is -0.152. The van der Waals surface area contributed by atoms with Gasteiger partial charge in [0, 0.05) is 0 Å². The molecule has 2 rings (SSSR count). The average Bonchev–Trinajstić information content (AvgIpc) is 2.98. The third-order valence-corrected chi connectivity index (χ3v) is 2.39. The summed E-state index contributed by atoms with van der Waals surface area (Å²) in [4.78, 5) is 11.3. The first-order chi connectivity index (χ1) is 8.16. The van der Waals surface area contributed by atoms with E-state index in [0.29, 0.717) is 5.82 Å². The van der Waals surface area contributed by atoms with Gasteiger partial charge in [0.15, 0.2) is 5.82 Å². The van der Waals surface area contributed by atoms with Gasteiger partial charge in [-0.05, 0) is 18.8 Å². The molecule has 0 bridgehead atoms. The number of hydrogen-bond donors (Lipinski definition) is 2. The van der Waals surface area contributed by atoms with Crippen LogP contribution in [0.3, 0.4) is 0 Å². The van der Waals surface area contributed by atoms with E-state index in [1.807, 2.05) is 0 Å². The molecule has 1 aromatic heterocycles. The Morgan fingerprint density at radius 2 is 2.35 bits per heavy atom. The van der Waals surface area contributed by atoms with Crippen LogP contribution in [0.5, 0.6) is 0 Å². The number of carbonyl (C=O) groups is 1. The van der Waals surface area contributed by atoms with Crippen LogP contribution >= 0.6 is 0 Å². The number of carbonyl (C=O) groups excluding carboxylic acids is 1. The zero-order valence-electron chi connectivity index (χ0n) is 8.77. The Bertz CT molecular complexity index is 368. The smallest absolute Gasteiger partial charge is 0.344 e. The lowest BCUT2D eigenvalue weighted by Gasteiger charge is -2.14. The van der Waals surface area contributed by atoms with Crippen LogP contribution in [0, 0.1) is 5.92 Å². The first kappa shape index (κ1) is 11.8. The minimum absolute atomic E-state index is 0.239. The minimum atomic E-state index is -2.95. The van der Waals surface area contributed by atoms with Gasteiger partial charge in [-0.2, -0.15) is 14.0 Å². The third-order valence-electron chi connectivity index (χ3n) is 2.39. The topological polar surface area (TPSA) is 92.8 Å². The Morgan fingerprint density at radius 3 is 2.88 bits per heavy atom. The number of nitrogens with one attached hydrogen (secondary N) is 2. The summed E-state index contributed by atoms with van der Waals surface area (Å²) in [5.41, 5.74) is 0. The lowest BCUT2D eigenvalue weighted by Crippen LogP contribution is -2.34. The third kappa shape index (κ3) is 3.41. The van der Waals surface area contributed by atoms with Crippen LogP contribution in [0.25, 0.3) is 0 Å². The van der Waals surface area contributed by atoms with E-state index in [4.69, 9.17) is 0 Å². The SMILES string of the molecule is O=C(COC(F)F)NC(c1nn[nH]n1)C1CC1. The summed E-state index contributed by atoms with van der Waals surface area (Å²) in [7, 11) is 0. The number of hydrogen-bond acceptors (Lipinski definition) is 5. The Balaban J connectivity index is 1.88. The van der Waals surface area contributed by atoms with Crippen LogP contribution in [-0.4, -0.2) is 39.7 Å². The number of rotatable bonds is 6.